The third kappa shape index (κ3) is 4.43. The summed E-state index contributed by atoms with van der Waals surface area (Å²) < 4.78 is 5.49. The van der Waals surface area contributed by atoms with Crippen LogP contribution in [0.2, 0.25) is 0 Å². The summed E-state index contributed by atoms with van der Waals surface area (Å²) in [6, 6.07) is 2.13. The predicted molar refractivity (Wildman–Crippen MR) is 118 cm³/mol. The van der Waals surface area contributed by atoms with Gasteiger partial charge in [-0.25, -0.2) is 9.97 Å². The highest BCUT2D eigenvalue weighted by Gasteiger charge is 2.42. The highest BCUT2D eigenvalue weighted by Crippen LogP contribution is 2.39. The molecule has 0 amide bonds. The number of hydrogen-bond donors (Lipinski definition) is 2. The van der Waals surface area contributed by atoms with Crippen molar-refractivity contribution >= 4 is 17.6 Å². The van der Waals surface area contributed by atoms with E-state index >= 15 is 0 Å². The molecule has 3 fully saturated rings. The molecule has 9 heteroatoms. The fraction of sp³-hybridized carbons (Fsp3) is 0.636. The first-order chi connectivity index (χ1) is 15.2. The van der Waals surface area contributed by atoms with E-state index in [1.165, 1.54) is 0 Å². The zero-order valence-electron chi connectivity index (χ0n) is 18.0. The Kier molecular flexibility index (Phi) is 5.87. The van der Waals surface area contributed by atoms with Crippen LogP contribution in [0.4, 0.5) is 17.6 Å². The van der Waals surface area contributed by atoms with Gasteiger partial charge in [0.1, 0.15) is 11.6 Å². The minimum absolute atomic E-state index is 0.00147. The first kappa shape index (κ1) is 20.4. The monoisotopic (exact) mass is 425 g/mol. The molecule has 0 spiro atoms. The van der Waals surface area contributed by atoms with Gasteiger partial charge in [0.15, 0.2) is 0 Å². The standard InChI is InChI=1S/C22H31N7O2/c1-2-17-11-21(27-22(25-17)28-5-7-31-8-6-28)29-13-15-9-18(19(30)10-16(15)14-29)26-20-12-23-3-4-24-20/h3-4,11-12,15-16,18-19,30H,2,5-10,13-14H2,1H3,(H,24,26)/t15-,16+,18-,19-/m1/s1. The summed E-state index contributed by atoms with van der Waals surface area (Å²) in [6.45, 7) is 7.14. The molecule has 31 heavy (non-hydrogen) atoms. The van der Waals surface area contributed by atoms with Crippen molar-refractivity contribution in [2.75, 3.05) is 54.5 Å². The molecule has 9 nitrogen and oxygen atoms in total. The number of fused-ring (bicyclic) bond motifs is 1. The molecule has 2 saturated heterocycles. The molecule has 0 bridgehead atoms. The molecule has 0 radical (unpaired) electrons. The van der Waals surface area contributed by atoms with Gasteiger partial charge in [0.25, 0.3) is 0 Å². The Hall–Kier alpha value is -2.52. The quantitative estimate of drug-likeness (QED) is 0.735. The van der Waals surface area contributed by atoms with E-state index in [4.69, 9.17) is 14.7 Å². The van der Waals surface area contributed by atoms with Gasteiger partial charge in [0.05, 0.1) is 31.6 Å². The number of morpholine rings is 1. The summed E-state index contributed by atoms with van der Waals surface area (Å²) in [7, 11) is 0. The maximum Gasteiger partial charge on any atom is 0.227 e. The lowest BCUT2D eigenvalue weighted by atomic mass is 9.77. The van der Waals surface area contributed by atoms with Gasteiger partial charge in [-0.1, -0.05) is 6.92 Å². The highest BCUT2D eigenvalue weighted by atomic mass is 16.5. The molecular weight excluding hydrogens is 394 g/mol. The van der Waals surface area contributed by atoms with Crippen molar-refractivity contribution < 1.29 is 9.84 Å². The summed E-state index contributed by atoms with van der Waals surface area (Å²) in [6.07, 6.45) is 7.25. The van der Waals surface area contributed by atoms with Crippen LogP contribution in [0.5, 0.6) is 0 Å². The van der Waals surface area contributed by atoms with E-state index in [1.54, 1.807) is 18.6 Å². The highest BCUT2D eigenvalue weighted by molar-refractivity contribution is 5.47. The molecule has 1 aliphatic carbocycles. The van der Waals surface area contributed by atoms with Crippen molar-refractivity contribution in [3.8, 4) is 0 Å². The van der Waals surface area contributed by atoms with Crippen LogP contribution in [-0.4, -0.2) is 76.6 Å². The number of aryl methyl sites for hydroxylation is 1. The van der Waals surface area contributed by atoms with Gasteiger partial charge < -0.3 is 25.0 Å². The number of aromatic nitrogens is 4. The van der Waals surface area contributed by atoms with Crippen LogP contribution in [0.3, 0.4) is 0 Å². The molecule has 0 aromatic carbocycles. The van der Waals surface area contributed by atoms with Crippen LogP contribution < -0.4 is 15.1 Å². The fourth-order valence-electron chi connectivity index (χ4n) is 5.05. The van der Waals surface area contributed by atoms with E-state index in [9.17, 15) is 5.11 Å². The lowest BCUT2D eigenvalue weighted by molar-refractivity contribution is 0.0737. The smallest absolute Gasteiger partial charge is 0.227 e. The number of anilines is 3. The molecule has 2 aliphatic heterocycles. The van der Waals surface area contributed by atoms with Gasteiger partial charge >= 0.3 is 0 Å². The number of aliphatic hydroxyl groups excluding tert-OH is 1. The molecule has 5 rings (SSSR count). The largest absolute Gasteiger partial charge is 0.391 e. The van der Waals surface area contributed by atoms with Crippen molar-refractivity contribution in [1.29, 1.82) is 0 Å². The number of nitrogens with one attached hydrogen (secondary N) is 1. The minimum atomic E-state index is -0.385. The lowest BCUT2D eigenvalue weighted by Crippen LogP contribution is -2.43. The lowest BCUT2D eigenvalue weighted by Gasteiger charge is -2.35. The van der Waals surface area contributed by atoms with Crippen LogP contribution in [0.15, 0.2) is 24.7 Å². The molecule has 1 saturated carbocycles. The van der Waals surface area contributed by atoms with Gasteiger partial charge in [-0.05, 0) is 31.1 Å². The van der Waals surface area contributed by atoms with Crippen molar-refractivity contribution in [2.45, 2.75) is 38.3 Å². The van der Waals surface area contributed by atoms with Crippen molar-refractivity contribution in [3.63, 3.8) is 0 Å². The molecular formula is C22H31N7O2. The van der Waals surface area contributed by atoms with Crippen molar-refractivity contribution in [2.24, 2.45) is 11.8 Å². The summed E-state index contributed by atoms with van der Waals surface area (Å²) in [5.41, 5.74) is 1.07. The van der Waals surface area contributed by atoms with E-state index < -0.39 is 0 Å². The van der Waals surface area contributed by atoms with Gasteiger partial charge in [-0.3, -0.25) is 4.98 Å². The van der Waals surface area contributed by atoms with E-state index in [0.29, 0.717) is 11.8 Å². The zero-order chi connectivity index (χ0) is 21.2. The van der Waals surface area contributed by atoms with Gasteiger partial charge in [-0.2, -0.15) is 4.98 Å². The number of hydrogen-bond acceptors (Lipinski definition) is 9. The molecule has 2 aromatic rings. The second kappa shape index (κ2) is 8.92. The minimum Gasteiger partial charge on any atom is -0.391 e. The molecule has 3 aliphatic rings. The van der Waals surface area contributed by atoms with E-state index in [1.807, 2.05) is 0 Å². The number of nitrogens with zero attached hydrogens (tertiary/aromatic N) is 6. The molecule has 2 N–H and O–H groups in total. The topological polar surface area (TPSA) is 99.5 Å². The summed E-state index contributed by atoms with van der Waals surface area (Å²) in [4.78, 5) is 22.7. The summed E-state index contributed by atoms with van der Waals surface area (Å²) >= 11 is 0. The normalized spacial score (nSPS) is 28.5. The molecule has 2 aromatic heterocycles. The Balaban J connectivity index is 1.30. The van der Waals surface area contributed by atoms with Gasteiger partial charge in [0, 0.05) is 50.3 Å². The van der Waals surface area contributed by atoms with Crippen LogP contribution in [-0.2, 0) is 11.2 Å². The van der Waals surface area contributed by atoms with Crippen molar-refractivity contribution in [1.82, 2.24) is 19.9 Å². The first-order valence-corrected chi connectivity index (χ1v) is 11.4. The summed E-state index contributed by atoms with van der Waals surface area (Å²) in [5, 5.41) is 14.1. The Morgan fingerprint density at radius 2 is 1.90 bits per heavy atom. The first-order valence-electron chi connectivity index (χ1n) is 11.4. The van der Waals surface area contributed by atoms with Crippen LogP contribution in [0, 0.1) is 11.8 Å². The molecule has 4 heterocycles. The molecule has 4 atom stereocenters. The Labute approximate surface area is 182 Å². The summed E-state index contributed by atoms with van der Waals surface area (Å²) in [5.74, 6) is 3.54. The number of rotatable bonds is 5. The van der Waals surface area contributed by atoms with E-state index in [-0.39, 0.29) is 12.1 Å². The fourth-order valence-corrected chi connectivity index (χ4v) is 5.05. The second-order valence-corrected chi connectivity index (χ2v) is 8.78. The average Bonchev–Trinajstić information content (AvgIpc) is 3.23. The third-order valence-electron chi connectivity index (χ3n) is 6.77. The average molecular weight is 426 g/mol. The van der Waals surface area contributed by atoms with Gasteiger partial charge in [0.2, 0.25) is 5.95 Å². The van der Waals surface area contributed by atoms with Crippen LogP contribution in [0.25, 0.3) is 0 Å². The van der Waals surface area contributed by atoms with E-state index in [0.717, 1.165) is 81.9 Å². The van der Waals surface area contributed by atoms with Gasteiger partial charge in [-0.15, -0.1) is 0 Å². The van der Waals surface area contributed by atoms with Crippen molar-refractivity contribution in [3.05, 3.63) is 30.4 Å². The molecule has 0 unspecified atom stereocenters. The Bertz CT molecular complexity index is 877. The van der Waals surface area contributed by atoms with Crippen LogP contribution >= 0.6 is 0 Å². The number of aliphatic hydroxyl groups is 1. The Morgan fingerprint density at radius 1 is 1.10 bits per heavy atom. The maximum absolute atomic E-state index is 10.8. The predicted octanol–water partition coefficient (Wildman–Crippen LogP) is 1.35. The Morgan fingerprint density at radius 3 is 2.65 bits per heavy atom. The maximum atomic E-state index is 10.8. The van der Waals surface area contributed by atoms with Crippen LogP contribution in [0.1, 0.15) is 25.5 Å². The molecule has 166 valence electrons. The third-order valence-corrected chi connectivity index (χ3v) is 6.77. The second-order valence-electron chi connectivity index (χ2n) is 8.78. The SMILES string of the molecule is CCc1cc(N2C[C@H]3C[C@@H](Nc4cnccn4)[C@H](O)C[C@H]3C2)nc(N2CCOCC2)n1. The zero-order valence-corrected chi connectivity index (χ0v) is 18.0. The van der Waals surface area contributed by atoms with E-state index in [2.05, 4.69) is 38.1 Å². The number of ether oxygens (including phenoxy) is 1.